The van der Waals surface area contributed by atoms with Crippen molar-refractivity contribution in [1.82, 2.24) is 4.90 Å². The van der Waals surface area contributed by atoms with E-state index in [2.05, 4.69) is 5.32 Å². The van der Waals surface area contributed by atoms with E-state index in [1.807, 2.05) is 66.5 Å². The van der Waals surface area contributed by atoms with Crippen molar-refractivity contribution in [3.63, 3.8) is 0 Å². The minimum absolute atomic E-state index is 0.126. The average molecular weight is 406 g/mol. The number of benzene rings is 3. The van der Waals surface area contributed by atoms with Crippen LogP contribution in [0.4, 0.5) is 5.69 Å². The van der Waals surface area contributed by atoms with Crippen LogP contribution >= 0.6 is 0 Å². The fraction of sp³-hybridized carbons (Fsp3) is 0.208. The van der Waals surface area contributed by atoms with Crippen molar-refractivity contribution in [1.29, 1.82) is 0 Å². The summed E-state index contributed by atoms with van der Waals surface area (Å²) in [5.74, 6) is 1.47. The molecule has 6 heteroatoms. The molecule has 30 heavy (non-hydrogen) atoms. The number of nitrogens with zero attached hydrogens (tertiary/aromatic N) is 1. The van der Waals surface area contributed by atoms with Crippen molar-refractivity contribution >= 4 is 11.6 Å². The number of ether oxygens (including phenoxy) is 2. The van der Waals surface area contributed by atoms with Gasteiger partial charge in [0.25, 0.3) is 0 Å². The van der Waals surface area contributed by atoms with Crippen LogP contribution in [-0.2, 0) is 4.79 Å². The van der Waals surface area contributed by atoms with Gasteiger partial charge in [-0.15, -0.1) is 0 Å². The van der Waals surface area contributed by atoms with E-state index in [0.717, 1.165) is 11.3 Å². The number of aromatic hydroxyl groups is 1. The molecule has 0 spiro atoms. The van der Waals surface area contributed by atoms with Gasteiger partial charge in [-0.25, -0.2) is 0 Å². The number of phenols is 1. The summed E-state index contributed by atoms with van der Waals surface area (Å²) in [4.78, 5) is 15.1. The Morgan fingerprint density at radius 2 is 1.60 bits per heavy atom. The average Bonchev–Trinajstić information content (AvgIpc) is 2.76. The largest absolute Gasteiger partial charge is 0.508 e. The first kappa shape index (κ1) is 21.2. The monoisotopic (exact) mass is 406 g/mol. The zero-order chi connectivity index (χ0) is 21.3. The minimum atomic E-state index is -0.475. The zero-order valence-electron chi connectivity index (χ0n) is 17.1. The topological polar surface area (TPSA) is 71.0 Å². The number of hydrogen-bond acceptors (Lipinski definition) is 5. The Labute approximate surface area is 176 Å². The molecule has 156 valence electrons. The van der Waals surface area contributed by atoms with Crippen LogP contribution in [0.1, 0.15) is 11.6 Å². The standard InChI is InChI=1S/C24H26N2O4/c1-26(16-17-30-22-14-10-20(27)11-15-22)23(18-6-4-3-5-7-18)24(28)25-19-8-12-21(29-2)13-9-19/h3-15,23,27H,16-17H2,1-2H3,(H,25,28)/t23-/m1/s1. The lowest BCUT2D eigenvalue weighted by atomic mass is 10.0. The summed E-state index contributed by atoms with van der Waals surface area (Å²) in [7, 11) is 3.50. The van der Waals surface area contributed by atoms with Crippen LogP contribution in [0.15, 0.2) is 78.9 Å². The maximum atomic E-state index is 13.1. The van der Waals surface area contributed by atoms with Gasteiger partial charge in [-0.1, -0.05) is 30.3 Å². The molecule has 0 bridgehead atoms. The van der Waals surface area contributed by atoms with Crippen LogP contribution in [0.3, 0.4) is 0 Å². The second kappa shape index (κ2) is 10.3. The van der Waals surface area contributed by atoms with Gasteiger partial charge in [-0.3, -0.25) is 9.69 Å². The number of carbonyl (C=O) groups excluding carboxylic acids is 1. The molecule has 6 nitrogen and oxygen atoms in total. The van der Waals surface area contributed by atoms with Crippen LogP contribution in [0, 0.1) is 0 Å². The van der Waals surface area contributed by atoms with E-state index in [1.165, 1.54) is 0 Å². The lowest BCUT2D eigenvalue weighted by Crippen LogP contribution is -2.37. The van der Waals surface area contributed by atoms with Crippen molar-refractivity contribution < 1.29 is 19.4 Å². The van der Waals surface area contributed by atoms with Crippen LogP contribution < -0.4 is 14.8 Å². The molecular formula is C24H26N2O4. The van der Waals surface area contributed by atoms with Gasteiger partial charge < -0.3 is 19.9 Å². The predicted octanol–water partition coefficient (Wildman–Crippen LogP) is 4.09. The number of anilines is 1. The Morgan fingerprint density at radius 1 is 0.967 bits per heavy atom. The summed E-state index contributed by atoms with van der Waals surface area (Å²) in [5.41, 5.74) is 1.60. The molecule has 0 saturated heterocycles. The molecule has 0 saturated carbocycles. The summed E-state index contributed by atoms with van der Waals surface area (Å²) in [6, 6.07) is 23.0. The Hall–Kier alpha value is -3.51. The molecule has 0 fully saturated rings. The van der Waals surface area contributed by atoms with Crippen LogP contribution in [0.5, 0.6) is 17.2 Å². The first-order valence-corrected chi connectivity index (χ1v) is 9.69. The van der Waals surface area contributed by atoms with Crippen molar-refractivity contribution in [3.05, 3.63) is 84.4 Å². The normalized spacial score (nSPS) is 11.7. The van der Waals surface area contributed by atoms with Gasteiger partial charge >= 0.3 is 0 Å². The van der Waals surface area contributed by atoms with Crippen LogP contribution in [-0.4, -0.2) is 43.2 Å². The molecule has 3 rings (SSSR count). The highest BCUT2D eigenvalue weighted by molar-refractivity contribution is 5.95. The van der Waals surface area contributed by atoms with Crippen molar-refractivity contribution in [2.24, 2.45) is 0 Å². The number of likely N-dealkylation sites (N-methyl/N-ethyl adjacent to an activating group) is 1. The molecule has 0 aliphatic carbocycles. The molecule has 0 heterocycles. The second-order valence-electron chi connectivity index (χ2n) is 6.85. The van der Waals surface area contributed by atoms with E-state index in [-0.39, 0.29) is 11.7 Å². The van der Waals surface area contributed by atoms with E-state index < -0.39 is 6.04 Å². The van der Waals surface area contributed by atoms with Gasteiger partial charge in [0.2, 0.25) is 5.91 Å². The van der Waals surface area contributed by atoms with Crippen molar-refractivity contribution in [3.8, 4) is 17.2 Å². The van der Waals surface area contributed by atoms with E-state index in [4.69, 9.17) is 9.47 Å². The molecule has 3 aromatic rings. The number of nitrogens with one attached hydrogen (secondary N) is 1. The van der Waals surface area contributed by atoms with Crippen LogP contribution in [0.2, 0.25) is 0 Å². The van der Waals surface area contributed by atoms with Gasteiger partial charge in [0.05, 0.1) is 7.11 Å². The number of phenolic OH excluding ortho intramolecular Hbond substituents is 1. The molecule has 0 aromatic heterocycles. The number of methoxy groups -OCH3 is 1. The Balaban J connectivity index is 1.67. The molecular weight excluding hydrogens is 380 g/mol. The third-order valence-corrected chi connectivity index (χ3v) is 4.71. The predicted molar refractivity (Wildman–Crippen MR) is 117 cm³/mol. The summed E-state index contributed by atoms with van der Waals surface area (Å²) in [6.07, 6.45) is 0. The lowest BCUT2D eigenvalue weighted by molar-refractivity contribution is -0.121. The number of carbonyl (C=O) groups is 1. The lowest BCUT2D eigenvalue weighted by Gasteiger charge is -2.27. The Kier molecular flexibility index (Phi) is 7.29. The van der Waals surface area contributed by atoms with E-state index in [1.54, 1.807) is 31.4 Å². The van der Waals surface area contributed by atoms with Gasteiger partial charge in [0, 0.05) is 12.2 Å². The molecule has 0 aliphatic rings. The SMILES string of the molecule is COc1ccc(NC(=O)[C@@H](c2ccccc2)N(C)CCOc2ccc(O)cc2)cc1. The summed E-state index contributed by atoms with van der Waals surface area (Å²) >= 11 is 0. The fourth-order valence-electron chi connectivity index (χ4n) is 3.11. The quantitative estimate of drug-likeness (QED) is 0.560. The van der Waals surface area contributed by atoms with Crippen LogP contribution in [0.25, 0.3) is 0 Å². The minimum Gasteiger partial charge on any atom is -0.508 e. The maximum absolute atomic E-state index is 13.1. The second-order valence-corrected chi connectivity index (χ2v) is 6.85. The first-order chi connectivity index (χ1) is 14.6. The smallest absolute Gasteiger partial charge is 0.246 e. The van der Waals surface area contributed by atoms with E-state index >= 15 is 0 Å². The number of hydrogen-bond donors (Lipinski definition) is 2. The molecule has 1 amide bonds. The van der Waals surface area contributed by atoms with E-state index in [0.29, 0.717) is 24.6 Å². The summed E-state index contributed by atoms with van der Waals surface area (Å²) < 4.78 is 10.9. The molecule has 2 N–H and O–H groups in total. The number of amides is 1. The van der Waals surface area contributed by atoms with Gasteiger partial charge in [-0.05, 0) is 61.1 Å². The summed E-state index contributed by atoms with van der Waals surface area (Å²) in [5, 5.41) is 12.3. The highest BCUT2D eigenvalue weighted by Crippen LogP contribution is 2.23. The highest BCUT2D eigenvalue weighted by atomic mass is 16.5. The molecule has 3 aromatic carbocycles. The van der Waals surface area contributed by atoms with Gasteiger partial charge in [-0.2, -0.15) is 0 Å². The number of rotatable bonds is 9. The molecule has 0 aliphatic heterocycles. The maximum Gasteiger partial charge on any atom is 0.246 e. The van der Waals surface area contributed by atoms with Crippen molar-refractivity contribution in [2.45, 2.75) is 6.04 Å². The molecule has 1 atom stereocenters. The fourth-order valence-corrected chi connectivity index (χ4v) is 3.11. The van der Waals surface area contributed by atoms with Gasteiger partial charge in [0.1, 0.15) is 29.9 Å². The molecule has 0 unspecified atom stereocenters. The molecule has 0 radical (unpaired) electrons. The van der Waals surface area contributed by atoms with Crippen molar-refractivity contribution in [2.75, 3.05) is 32.6 Å². The third kappa shape index (κ3) is 5.75. The first-order valence-electron chi connectivity index (χ1n) is 9.69. The van der Waals surface area contributed by atoms with Gasteiger partial charge in [0.15, 0.2) is 0 Å². The zero-order valence-corrected chi connectivity index (χ0v) is 17.1. The van der Waals surface area contributed by atoms with E-state index in [9.17, 15) is 9.90 Å². The summed E-state index contributed by atoms with van der Waals surface area (Å²) in [6.45, 7) is 0.941. The highest BCUT2D eigenvalue weighted by Gasteiger charge is 2.25. The third-order valence-electron chi connectivity index (χ3n) is 4.71. The Bertz CT molecular complexity index is 928. The Morgan fingerprint density at radius 3 is 2.23 bits per heavy atom.